The molecule has 0 aromatic heterocycles. The molecule has 2 rings (SSSR count). The second-order valence-corrected chi connectivity index (χ2v) is 11.9. The van der Waals surface area contributed by atoms with Crippen molar-refractivity contribution in [1.29, 1.82) is 0 Å². The molecule has 0 saturated heterocycles. The lowest BCUT2D eigenvalue weighted by Gasteiger charge is -2.18. The van der Waals surface area contributed by atoms with Crippen molar-refractivity contribution in [2.75, 3.05) is 17.9 Å². The van der Waals surface area contributed by atoms with Crippen LogP contribution >= 0.6 is 27.5 Å². The summed E-state index contributed by atoms with van der Waals surface area (Å²) in [6.07, 6.45) is 10.5. The van der Waals surface area contributed by atoms with Gasteiger partial charge in [0.15, 0.2) is 6.10 Å². The second-order valence-electron chi connectivity index (χ2n) is 9.74. The summed E-state index contributed by atoms with van der Waals surface area (Å²) in [6, 6.07) is 7.42. The zero-order valence-corrected chi connectivity index (χ0v) is 27.2. The molecular weight excluding hydrogens is 634 g/mol. The summed E-state index contributed by atoms with van der Waals surface area (Å²) in [7, 11) is 0. The van der Waals surface area contributed by atoms with Gasteiger partial charge >= 0.3 is 11.9 Å². The fourth-order valence-corrected chi connectivity index (χ4v) is 5.70. The first-order valence-corrected chi connectivity index (χ1v) is 16.4. The Balaban J connectivity index is 1.92. The van der Waals surface area contributed by atoms with Crippen LogP contribution in [-0.4, -0.2) is 34.5 Å². The number of carbonyl (C=O) groups is 2. The molecule has 8 nitrogen and oxygen atoms in total. The molecule has 228 valence electrons. The first-order chi connectivity index (χ1) is 19.7. The Bertz CT molecular complexity index is 1140. The molecule has 0 aliphatic heterocycles. The van der Waals surface area contributed by atoms with Crippen LogP contribution in [0.15, 0.2) is 34.8 Å². The maximum absolute atomic E-state index is 12.8. The number of esters is 2. The summed E-state index contributed by atoms with van der Waals surface area (Å²) in [5.74, 6) is -1.24. The standard InChI is InChI=1S/C30H41BrClNO7S/c1-4-6-7-8-9-10-11-12-13-14-17-39-29(35)22-15-16-24(26(32)19-22)28(30(36)38-5-2)40-41(37)33-23-18-21(3)27(34)25(31)20-23/h15-16,18-20,28,33-34H,4-14,17H2,1-3H3. The predicted molar refractivity (Wildman–Crippen MR) is 166 cm³/mol. The minimum Gasteiger partial charge on any atom is -0.506 e. The van der Waals surface area contributed by atoms with Crippen molar-refractivity contribution >= 4 is 56.4 Å². The third-order valence-electron chi connectivity index (χ3n) is 6.39. The number of hydrogen-bond donors (Lipinski definition) is 2. The molecule has 41 heavy (non-hydrogen) atoms. The van der Waals surface area contributed by atoms with E-state index < -0.39 is 29.3 Å². The van der Waals surface area contributed by atoms with E-state index in [1.54, 1.807) is 19.9 Å². The van der Waals surface area contributed by atoms with Crippen LogP contribution in [0.3, 0.4) is 0 Å². The minimum atomic E-state index is -2.19. The molecule has 2 N–H and O–H groups in total. The maximum atomic E-state index is 12.8. The number of carbonyl (C=O) groups excluding carboxylic acids is 2. The number of phenolic OH excluding ortho intramolecular Hbond substituents is 1. The number of nitrogens with one attached hydrogen (secondary N) is 1. The van der Waals surface area contributed by atoms with Crippen molar-refractivity contribution in [1.82, 2.24) is 0 Å². The van der Waals surface area contributed by atoms with Crippen molar-refractivity contribution in [2.24, 2.45) is 0 Å². The molecule has 0 radical (unpaired) electrons. The van der Waals surface area contributed by atoms with Gasteiger partial charge in [0, 0.05) is 10.6 Å². The molecule has 0 saturated carbocycles. The monoisotopic (exact) mass is 673 g/mol. The summed E-state index contributed by atoms with van der Waals surface area (Å²) in [5, 5.41) is 9.99. The van der Waals surface area contributed by atoms with Crippen LogP contribution in [0.2, 0.25) is 5.02 Å². The van der Waals surface area contributed by atoms with Crippen LogP contribution in [0.1, 0.15) is 106 Å². The average molecular weight is 675 g/mol. The van der Waals surface area contributed by atoms with Gasteiger partial charge in [-0.15, -0.1) is 0 Å². The lowest BCUT2D eigenvalue weighted by atomic mass is 10.1. The Morgan fingerprint density at radius 3 is 2.20 bits per heavy atom. The van der Waals surface area contributed by atoms with Crippen molar-refractivity contribution in [2.45, 2.75) is 91.1 Å². The van der Waals surface area contributed by atoms with E-state index in [4.69, 9.17) is 25.3 Å². The molecule has 0 fully saturated rings. The minimum absolute atomic E-state index is 0.0561. The Morgan fingerprint density at radius 2 is 1.61 bits per heavy atom. The van der Waals surface area contributed by atoms with E-state index in [0.29, 0.717) is 22.3 Å². The van der Waals surface area contributed by atoms with Crippen LogP contribution in [0.4, 0.5) is 5.69 Å². The van der Waals surface area contributed by atoms with Gasteiger partial charge in [-0.05, 0) is 66.0 Å². The topological polar surface area (TPSA) is 111 Å². The Hall–Kier alpha value is -2.14. The predicted octanol–water partition coefficient (Wildman–Crippen LogP) is 8.51. The van der Waals surface area contributed by atoms with E-state index in [-0.39, 0.29) is 28.5 Å². The first kappa shape index (κ1) is 35.1. The highest BCUT2D eigenvalue weighted by Crippen LogP contribution is 2.32. The Morgan fingerprint density at radius 1 is 0.976 bits per heavy atom. The van der Waals surface area contributed by atoms with Crippen LogP contribution < -0.4 is 4.72 Å². The molecule has 2 aromatic rings. The van der Waals surface area contributed by atoms with Crippen LogP contribution in [-0.2, 0) is 29.7 Å². The quantitative estimate of drug-likeness (QED) is 0.0873. The molecule has 11 heteroatoms. The number of rotatable bonds is 19. The summed E-state index contributed by atoms with van der Waals surface area (Å²) >= 11 is 7.48. The lowest BCUT2D eigenvalue weighted by molar-refractivity contribution is -0.151. The number of anilines is 1. The molecule has 0 heterocycles. The average Bonchev–Trinajstić information content (AvgIpc) is 2.93. The molecule has 2 unspecified atom stereocenters. The van der Waals surface area contributed by atoms with E-state index in [2.05, 4.69) is 27.6 Å². The molecular formula is C30H41BrClNO7S. The number of unbranched alkanes of at least 4 members (excludes halogenated alkanes) is 9. The summed E-state index contributed by atoms with van der Waals surface area (Å²) in [5.41, 5.74) is 1.35. The van der Waals surface area contributed by atoms with Gasteiger partial charge < -0.3 is 14.6 Å². The molecule has 0 spiro atoms. The van der Waals surface area contributed by atoms with Gasteiger partial charge in [0.2, 0.25) is 0 Å². The molecule has 2 aromatic carbocycles. The van der Waals surface area contributed by atoms with Gasteiger partial charge in [0.1, 0.15) is 5.75 Å². The number of benzene rings is 2. The van der Waals surface area contributed by atoms with Gasteiger partial charge in [-0.3, -0.25) is 8.91 Å². The van der Waals surface area contributed by atoms with Gasteiger partial charge in [0.05, 0.1) is 28.9 Å². The zero-order chi connectivity index (χ0) is 30.2. The fourth-order valence-electron chi connectivity index (χ4n) is 4.14. The normalized spacial score (nSPS) is 12.5. The largest absolute Gasteiger partial charge is 0.506 e. The number of aryl methyl sites for hydroxylation is 1. The van der Waals surface area contributed by atoms with Crippen LogP contribution in [0, 0.1) is 6.92 Å². The van der Waals surface area contributed by atoms with E-state index in [0.717, 1.165) is 19.3 Å². The van der Waals surface area contributed by atoms with Crippen molar-refractivity contribution in [3.8, 4) is 5.75 Å². The second kappa shape index (κ2) is 19.1. The van der Waals surface area contributed by atoms with Crippen LogP contribution in [0.25, 0.3) is 0 Å². The molecule has 0 aliphatic rings. The van der Waals surface area contributed by atoms with Gasteiger partial charge in [-0.25, -0.2) is 13.8 Å². The maximum Gasteiger partial charge on any atom is 0.341 e. The highest BCUT2D eigenvalue weighted by molar-refractivity contribution is 9.10. The van der Waals surface area contributed by atoms with Crippen molar-refractivity contribution in [3.05, 3.63) is 56.5 Å². The first-order valence-electron chi connectivity index (χ1n) is 14.2. The van der Waals surface area contributed by atoms with Gasteiger partial charge in [-0.1, -0.05) is 82.4 Å². The number of hydrogen-bond acceptors (Lipinski definition) is 7. The van der Waals surface area contributed by atoms with Crippen molar-refractivity contribution < 1.29 is 32.6 Å². The van der Waals surface area contributed by atoms with Crippen molar-refractivity contribution in [3.63, 3.8) is 0 Å². The summed E-state index contributed by atoms with van der Waals surface area (Å²) in [6.45, 7) is 5.93. The zero-order valence-electron chi connectivity index (χ0n) is 24.0. The molecule has 0 aliphatic carbocycles. The number of halogens is 2. The van der Waals surface area contributed by atoms with E-state index in [1.165, 1.54) is 69.2 Å². The molecule has 0 amide bonds. The number of aromatic hydroxyl groups is 1. The lowest BCUT2D eigenvalue weighted by Crippen LogP contribution is -2.23. The SMILES string of the molecule is CCCCCCCCCCCCOC(=O)c1ccc(C(OS(=O)Nc2cc(C)c(O)c(Br)c2)C(=O)OCC)c(Cl)c1. The highest BCUT2D eigenvalue weighted by Gasteiger charge is 2.29. The van der Waals surface area contributed by atoms with E-state index in [1.807, 2.05) is 0 Å². The third-order valence-corrected chi connectivity index (χ3v) is 8.09. The molecule has 0 bridgehead atoms. The summed E-state index contributed by atoms with van der Waals surface area (Å²) in [4.78, 5) is 25.2. The number of phenols is 1. The highest BCUT2D eigenvalue weighted by atomic mass is 79.9. The Labute approximate surface area is 259 Å². The van der Waals surface area contributed by atoms with Gasteiger partial charge in [0.25, 0.3) is 11.3 Å². The van der Waals surface area contributed by atoms with Crippen LogP contribution in [0.5, 0.6) is 5.75 Å². The van der Waals surface area contributed by atoms with Gasteiger partial charge in [-0.2, -0.15) is 0 Å². The third kappa shape index (κ3) is 12.3. The summed E-state index contributed by atoms with van der Waals surface area (Å²) < 4.78 is 31.8. The Kier molecular flexibility index (Phi) is 16.4. The fraction of sp³-hybridized carbons (Fsp3) is 0.533. The number of ether oxygens (including phenoxy) is 2. The molecule has 2 atom stereocenters. The smallest absolute Gasteiger partial charge is 0.341 e. The van der Waals surface area contributed by atoms with E-state index in [9.17, 15) is 18.9 Å². The van der Waals surface area contributed by atoms with E-state index >= 15 is 0 Å².